The number of allylic oxidation sites excluding steroid dienone is 3. The third-order valence-electron chi connectivity index (χ3n) is 3.93. The molecule has 0 radical (unpaired) electrons. The maximum atomic E-state index is 12.1. The molecule has 1 N–H and O–H groups in total. The van der Waals surface area contributed by atoms with Crippen LogP contribution in [0.15, 0.2) is 53.2 Å². The molecule has 2 rings (SSSR count). The zero-order chi connectivity index (χ0) is 17.0. The number of non-ortho nitro benzene ring substituents is 1. The fourth-order valence-electron chi connectivity index (χ4n) is 2.34. The largest absolute Gasteiger partial charge is 0.271 e. The molecular formula is C17H19N3O3. The fraction of sp³-hybridized carbons (Fsp3) is 0.294. The van der Waals surface area contributed by atoms with Crippen LogP contribution in [0.2, 0.25) is 0 Å². The average Bonchev–Trinajstić information content (AvgIpc) is 2.53. The van der Waals surface area contributed by atoms with Crippen LogP contribution in [0.25, 0.3) is 0 Å². The standard InChI is InChI=1S/C17H19N3O3/c1-11(2)14-5-4-12(3)16(10-14)18-19-17(21)13-6-8-15(9-7-13)20(22)23/h4,6-9,14H,1,5,10H2,2-3H3,(H,19,21)/b18-16-/t14-/m0/s1. The van der Waals surface area contributed by atoms with Gasteiger partial charge >= 0.3 is 0 Å². The minimum atomic E-state index is -0.504. The van der Waals surface area contributed by atoms with Gasteiger partial charge in [-0.3, -0.25) is 14.9 Å². The van der Waals surface area contributed by atoms with E-state index in [0.29, 0.717) is 11.5 Å². The van der Waals surface area contributed by atoms with E-state index < -0.39 is 10.8 Å². The highest BCUT2D eigenvalue weighted by atomic mass is 16.6. The lowest BCUT2D eigenvalue weighted by atomic mass is 9.85. The van der Waals surface area contributed by atoms with Gasteiger partial charge in [0.05, 0.1) is 10.6 Å². The summed E-state index contributed by atoms with van der Waals surface area (Å²) in [5.41, 5.74) is 5.77. The second-order valence-electron chi connectivity index (χ2n) is 5.67. The summed E-state index contributed by atoms with van der Waals surface area (Å²) in [6.45, 7) is 7.93. The van der Waals surface area contributed by atoms with Crippen molar-refractivity contribution in [3.8, 4) is 0 Å². The number of rotatable bonds is 4. The topological polar surface area (TPSA) is 84.6 Å². The first-order valence-electron chi connectivity index (χ1n) is 7.32. The Morgan fingerprint density at radius 2 is 2.04 bits per heavy atom. The van der Waals surface area contributed by atoms with Crippen LogP contribution in [0.1, 0.15) is 37.0 Å². The van der Waals surface area contributed by atoms with Crippen molar-refractivity contribution in [1.82, 2.24) is 5.43 Å². The molecule has 0 aromatic heterocycles. The second kappa shape index (κ2) is 7.00. The first-order chi connectivity index (χ1) is 10.9. The van der Waals surface area contributed by atoms with E-state index in [0.717, 1.165) is 29.7 Å². The molecule has 23 heavy (non-hydrogen) atoms. The number of nitro benzene ring substituents is 1. The van der Waals surface area contributed by atoms with E-state index in [1.165, 1.54) is 24.3 Å². The van der Waals surface area contributed by atoms with Gasteiger partial charge in [0.15, 0.2) is 0 Å². The Hall–Kier alpha value is -2.76. The van der Waals surface area contributed by atoms with E-state index in [4.69, 9.17) is 0 Å². The maximum absolute atomic E-state index is 12.1. The molecule has 1 amide bonds. The van der Waals surface area contributed by atoms with Crippen LogP contribution in [0.3, 0.4) is 0 Å². The summed E-state index contributed by atoms with van der Waals surface area (Å²) in [7, 11) is 0. The lowest BCUT2D eigenvalue weighted by Crippen LogP contribution is -2.23. The third-order valence-corrected chi connectivity index (χ3v) is 3.93. The number of benzene rings is 1. The minimum absolute atomic E-state index is 0.0526. The molecular weight excluding hydrogens is 294 g/mol. The van der Waals surface area contributed by atoms with E-state index in [9.17, 15) is 14.9 Å². The summed E-state index contributed by atoms with van der Waals surface area (Å²) < 4.78 is 0. The Balaban J connectivity index is 2.07. The molecule has 0 bridgehead atoms. The molecule has 0 heterocycles. The molecule has 1 aliphatic rings. The Morgan fingerprint density at radius 3 is 2.61 bits per heavy atom. The highest BCUT2D eigenvalue weighted by Gasteiger charge is 2.19. The molecule has 0 spiro atoms. The molecule has 0 saturated carbocycles. The van der Waals surface area contributed by atoms with Gasteiger partial charge in [-0.15, -0.1) is 0 Å². The van der Waals surface area contributed by atoms with Crippen molar-refractivity contribution in [2.45, 2.75) is 26.7 Å². The number of nitrogens with one attached hydrogen (secondary N) is 1. The Kier molecular flexibility index (Phi) is 5.05. The van der Waals surface area contributed by atoms with E-state index in [2.05, 4.69) is 23.2 Å². The third kappa shape index (κ3) is 4.12. The highest BCUT2D eigenvalue weighted by molar-refractivity contribution is 6.02. The molecule has 1 aromatic rings. The van der Waals surface area contributed by atoms with Crippen molar-refractivity contribution in [1.29, 1.82) is 0 Å². The van der Waals surface area contributed by atoms with Gasteiger partial charge in [-0.25, -0.2) is 5.43 Å². The molecule has 0 unspecified atom stereocenters. The van der Waals surface area contributed by atoms with Crippen molar-refractivity contribution in [2.24, 2.45) is 11.0 Å². The van der Waals surface area contributed by atoms with Gasteiger partial charge < -0.3 is 0 Å². The number of hydrogen-bond donors (Lipinski definition) is 1. The number of nitro groups is 1. The van der Waals surface area contributed by atoms with E-state index in [1.807, 2.05) is 13.8 Å². The van der Waals surface area contributed by atoms with Crippen LogP contribution in [-0.4, -0.2) is 16.5 Å². The Morgan fingerprint density at radius 1 is 1.39 bits per heavy atom. The summed E-state index contributed by atoms with van der Waals surface area (Å²) in [6, 6.07) is 5.41. The first-order valence-corrected chi connectivity index (χ1v) is 7.32. The Bertz CT molecular complexity index is 702. The van der Waals surface area contributed by atoms with Gasteiger partial charge in [0, 0.05) is 17.7 Å². The van der Waals surface area contributed by atoms with Crippen LogP contribution in [0.5, 0.6) is 0 Å². The quantitative estimate of drug-likeness (QED) is 0.523. The molecule has 1 aliphatic carbocycles. The van der Waals surface area contributed by atoms with Gasteiger partial charge in [-0.2, -0.15) is 5.10 Å². The molecule has 0 fully saturated rings. The van der Waals surface area contributed by atoms with E-state index in [-0.39, 0.29) is 5.69 Å². The number of carbonyl (C=O) groups is 1. The second-order valence-corrected chi connectivity index (χ2v) is 5.67. The van der Waals surface area contributed by atoms with Crippen LogP contribution >= 0.6 is 0 Å². The van der Waals surface area contributed by atoms with Gasteiger partial charge in [0.25, 0.3) is 11.6 Å². The number of nitrogens with zero attached hydrogens (tertiary/aromatic N) is 2. The molecule has 0 saturated heterocycles. The summed E-state index contributed by atoms with van der Waals surface area (Å²) in [5, 5.41) is 14.8. The number of hydrogen-bond acceptors (Lipinski definition) is 4. The van der Waals surface area contributed by atoms with Gasteiger partial charge in [-0.1, -0.05) is 18.2 Å². The zero-order valence-electron chi connectivity index (χ0n) is 13.2. The normalized spacial score (nSPS) is 19.1. The lowest BCUT2D eigenvalue weighted by molar-refractivity contribution is -0.384. The van der Waals surface area contributed by atoms with Crippen molar-refractivity contribution in [2.75, 3.05) is 0 Å². The van der Waals surface area contributed by atoms with Crippen molar-refractivity contribution < 1.29 is 9.72 Å². The molecule has 1 aromatic carbocycles. The summed E-state index contributed by atoms with van der Waals surface area (Å²) >= 11 is 0. The number of carbonyl (C=O) groups excluding carboxylic acids is 1. The van der Waals surface area contributed by atoms with Crippen LogP contribution in [0, 0.1) is 16.0 Å². The first kappa shape index (κ1) is 16.6. The van der Waals surface area contributed by atoms with Crippen LogP contribution in [-0.2, 0) is 0 Å². The van der Waals surface area contributed by atoms with Gasteiger partial charge in [0.1, 0.15) is 0 Å². The van der Waals surface area contributed by atoms with Crippen LogP contribution in [0.4, 0.5) is 5.69 Å². The SMILES string of the molecule is C=C(C)[C@H]1CC=C(C)/C(=N\NC(=O)c2ccc([N+](=O)[O-])cc2)C1. The smallest absolute Gasteiger partial charge is 0.267 e. The molecule has 6 nitrogen and oxygen atoms in total. The molecule has 120 valence electrons. The summed E-state index contributed by atoms with van der Waals surface area (Å²) in [5.74, 6) is -0.0497. The van der Waals surface area contributed by atoms with Crippen molar-refractivity contribution >= 4 is 17.3 Å². The average molecular weight is 313 g/mol. The van der Waals surface area contributed by atoms with Crippen molar-refractivity contribution in [3.63, 3.8) is 0 Å². The van der Waals surface area contributed by atoms with Crippen LogP contribution < -0.4 is 5.43 Å². The predicted octanol–water partition coefficient (Wildman–Crippen LogP) is 3.61. The molecule has 6 heteroatoms. The fourth-order valence-corrected chi connectivity index (χ4v) is 2.34. The molecule has 1 atom stereocenters. The summed E-state index contributed by atoms with van der Waals surface area (Å²) in [6.07, 6.45) is 3.79. The minimum Gasteiger partial charge on any atom is -0.267 e. The van der Waals surface area contributed by atoms with Crippen molar-refractivity contribution in [3.05, 3.63) is 63.7 Å². The summed E-state index contributed by atoms with van der Waals surface area (Å²) in [4.78, 5) is 22.2. The van der Waals surface area contributed by atoms with E-state index in [1.54, 1.807) is 0 Å². The predicted molar refractivity (Wildman–Crippen MR) is 89.3 cm³/mol. The zero-order valence-corrected chi connectivity index (χ0v) is 13.2. The highest BCUT2D eigenvalue weighted by Crippen LogP contribution is 2.26. The van der Waals surface area contributed by atoms with E-state index >= 15 is 0 Å². The maximum Gasteiger partial charge on any atom is 0.271 e. The van der Waals surface area contributed by atoms with Gasteiger partial charge in [-0.05, 0) is 50.3 Å². The number of hydrazone groups is 1. The Labute approximate surface area is 134 Å². The number of amides is 1. The monoisotopic (exact) mass is 313 g/mol. The lowest BCUT2D eigenvalue weighted by Gasteiger charge is -2.22. The molecule has 0 aliphatic heterocycles. The van der Waals surface area contributed by atoms with Gasteiger partial charge in [0.2, 0.25) is 0 Å².